The molecule has 1 unspecified atom stereocenters. The number of ether oxygens (including phenoxy) is 1. The van der Waals surface area contributed by atoms with Gasteiger partial charge >= 0.3 is 0 Å². The van der Waals surface area contributed by atoms with Crippen molar-refractivity contribution in [2.75, 3.05) is 20.3 Å². The predicted molar refractivity (Wildman–Crippen MR) is 64.3 cm³/mol. The van der Waals surface area contributed by atoms with Crippen molar-refractivity contribution >= 4 is 5.91 Å². The summed E-state index contributed by atoms with van der Waals surface area (Å²) in [6.07, 6.45) is 7.38. The fraction of sp³-hybridized carbons (Fsp3) is 0.636. The van der Waals surface area contributed by atoms with Crippen LogP contribution in [-0.2, 0) is 16.1 Å². The molecule has 1 amide bonds. The molecule has 0 aliphatic carbocycles. The minimum absolute atomic E-state index is 0.158. The number of methoxy groups -OCH3 is 1. The molecule has 0 saturated carbocycles. The van der Waals surface area contributed by atoms with E-state index in [2.05, 4.69) is 10.3 Å². The fourth-order valence-electron chi connectivity index (χ4n) is 1.44. The van der Waals surface area contributed by atoms with Crippen molar-refractivity contribution in [1.29, 1.82) is 0 Å². The van der Waals surface area contributed by atoms with Crippen LogP contribution in [0.15, 0.2) is 18.7 Å². The number of aryl methyl sites for hydroxylation is 1. The first-order valence-electron chi connectivity index (χ1n) is 5.72. The van der Waals surface area contributed by atoms with E-state index in [1.807, 2.05) is 10.8 Å². The first kappa shape index (κ1) is 13.7. The number of imidazole rings is 1. The zero-order valence-electron chi connectivity index (χ0n) is 10.1. The van der Waals surface area contributed by atoms with E-state index in [9.17, 15) is 4.79 Å². The van der Waals surface area contributed by atoms with Gasteiger partial charge in [0.05, 0.1) is 12.9 Å². The Balaban J connectivity index is 2.02. The lowest BCUT2D eigenvalue weighted by molar-refractivity contribution is -0.123. The zero-order valence-corrected chi connectivity index (χ0v) is 10.1. The summed E-state index contributed by atoms with van der Waals surface area (Å²) in [5, 5.41) is 2.78. The highest BCUT2D eigenvalue weighted by atomic mass is 16.5. The van der Waals surface area contributed by atoms with Gasteiger partial charge in [0.15, 0.2) is 0 Å². The predicted octanol–water partition coefficient (Wildman–Crippen LogP) is -0.247. The molecule has 96 valence electrons. The van der Waals surface area contributed by atoms with E-state index < -0.39 is 6.04 Å². The van der Waals surface area contributed by atoms with Crippen LogP contribution in [0.2, 0.25) is 0 Å². The van der Waals surface area contributed by atoms with E-state index >= 15 is 0 Å². The Morgan fingerprint density at radius 3 is 3.06 bits per heavy atom. The van der Waals surface area contributed by atoms with Crippen molar-refractivity contribution in [1.82, 2.24) is 14.9 Å². The van der Waals surface area contributed by atoms with E-state index in [0.717, 1.165) is 19.4 Å². The summed E-state index contributed by atoms with van der Waals surface area (Å²) < 4.78 is 6.82. The number of hydrogen-bond acceptors (Lipinski definition) is 4. The highest BCUT2D eigenvalue weighted by molar-refractivity contribution is 5.81. The Bertz CT molecular complexity index is 313. The second-order valence-electron chi connectivity index (χ2n) is 3.86. The van der Waals surface area contributed by atoms with E-state index in [-0.39, 0.29) is 12.5 Å². The first-order chi connectivity index (χ1) is 8.24. The van der Waals surface area contributed by atoms with Gasteiger partial charge in [0.25, 0.3) is 0 Å². The molecule has 6 heteroatoms. The largest absolute Gasteiger partial charge is 0.383 e. The molecule has 0 spiro atoms. The topological polar surface area (TPSA) is 82.2 Å². The molecule has 1 heterocycles. The molecule has 0 aliphatic heterocycles. The van der Waals surface area contributed by atoms with Crippen molar-refractivity contribution in [3.05, 3.63) is 18.7 Å². The number of carbonyl (C=O) groups excluding carboxylic acids is 1. The summed E-state index contributed by atoms with van der Waals surface area (Å²) in [5.74, 6) is -0.158. The van der Waals surface area contributed by atoms with Crippen LogP contribution in [0.5, 0.6) is 0 Å². The third-order valence-electron chi connectivity index (χ3n) is 2.38. The van der Waals surface area contributed by atoms with Gasteiger partial charge < -0.3 is 20.4 Å². The number of nitrogens with zero attached hydrogens (tertiary/aromatic N) is 2. The third-order valence-corrected chi connectivity index (χ3v) is 2.38. The summed E-state index contributed by atoms with van der Waals surface area (Å²) in [5.41, 5.74) is 5.57. The average molecular weight is 240 g/mol. The van der Waals surface area contributed by atoms with Crippen molar-refractivity contribution in [3.63, 3.8) is 0 Å². The van der Waals surface area contributed by atoms with Crippen LogP contribution in [0.1, 0.15) is 12.8 Å². The van der Waals surface area contributed by atoms with Crippen LogP contribution < -0.4 is 11.1 Å². The highest BCUT2D eigenvalue weighted by Crippen LogP contribution is 1.94. The molecule has 1 rings (SSSR count). The zero-order chi connectivity index (χ0) is 12.5. The maximum absolute atomic E-state index is 11.4. The van der Waals surface area contributed by atoms with Gasteiger partial charge in [0, 0.05) is 32.6 Å². The summed E-state index contributed by atoms with van der Waals surface area (Å²) in [6, 6.07) is -0.575. The molecule has 0 saturated heterocycles. The molecule has 3 N–H and O–H groups in total. The van der Waals surface area contributed by atoms with Crippen molar-refractivity contribution in [2.45, 2.75) is 25.4 Å². The molecule has 1 aromatic heterocycles. The van der Waals surface area contributed by atoms with Gasteiger partial charge in [-0.05, 0) is 12.8 Å². The number of nitrogens with one attached hydrogen (secondary N) is 1. The summed E-state index contributed by atoms with van der Waals surface area (Å²) in [6.45, 7) is 1.81. The number of carbonyl (C=O) groups is 1. The second kappa shape index (κ2) is 7.81. The maximum atomic E-state index is 11.4. The van der Waals surface area contributed by atoms with E-state index in [4.69, 9.17) is 10.5 Å². The first-order valence-corrected chi connectivity index (χ1v) is 5.72. The van der Waals surface area contributed by atoms with Gasteiger partial charge in [-0.25, -0.2) is 4.98 Å². The van der Waals surface area contributed by atoms with Gasteiger partial charge in [-0.3, -0.25) is 4.79 Å². The van der Waals surface area contributed by atoms with Gasteiger partial charge in [0.1, 0.15) is 6.04 Å². The molecule has 0 aliphatic rings. The van der Waals surface area contributed by atoms with Crippen LogP contribution >= 0.6 is 0 Å². The molecule has 0 fully saturated rings. The van der Waals surface area contributed by atoms with Gasteiger partial charge in [-0.2, -0.15) is 0 Å². The van der Waals surface area contributed by atoms with Gasteiger partial charge in [-0.1, -0.05) is 0 Å². The summed E-state index contributed by atoms with van der Waals surface area (Å²) >= 11 is 0. The van der Waals surface area contributed by atoms with E-state index in [1.54, 1.807) is 12.5 Å². The maximum Gasteiger partial charge on any atom is 0.239 e. The number of rotatable bonds is 8. The van der Waals surface area contributed by atoms with Crippen LogP contribution in [0.25, 0.3) is 0 Å². The van der Waals surface area contributed by atoms with Gasteiger partial charge in [0.2, 0.25) is 5.91 Å². The third kappa shape index (κ3) is 5.46. The molecule has 1 atom stereocenters. The number of aromatic nitrogens is 2. The van der Waals surface area contributed by atoms with Gasteiger partial charge in [-0.15, -0.1) is 0 Å². The summed E-state index contributed by atoms with van der Waals surface area (Å²) in [7, 11) is 1.53. The minimum atomic E-state index is -0.575. The number of hydrogen-bond donors (Lipinski definition) is 2. The Morgan fingerprint density at radius 1 is 1.59 bits per heavy atom. The molecular formula is C11H20N4O2. The molecule has 0 aromatic carbocycles. The normalized spacial score (nSPS) is 12.4. The number of nitrogens with two attached hydrogens (primary N) is 1. The molecular weight excluding hydrogens is 220 g/mol. The Hall–Kier alpha value is -1.40. The van der Waals surface area contributed by atoms with Crippen molar-refractivity contribution in [2.24, 2.45) is 5.73 Å². The minimum Gasteiger partial charge on any atom is -0.383 e. The van der Waals surface area contributed by atoms with Crippen LogP contribution in [-0.4, -0.2) is 41.8 Å². The molecule has 17 heavy (non-hydrogen) atoms. The molecule has 0 bridgehead atoms. The molecule has 0 radical (unpaired) electrons. The second-order valence-corrected chi connectivity index (χ2v) is 3.86. The lowest BCUT2D eigenvalue weighted by atomic mass is 10.2. The summed E-state index contributed by atoms with van der Waals surface area (Å²) in [4.78, 5) is 15.3. The standard InChI is InChI=1S/C11H20N4O2/c1-17-8-10(12)11(16)14-4-2-3-6-15-7-5-13-9-15/h5,7,9-10H,2-4,6,8,12H2,1H3,(H,14,16). The van der Waals surface area contributed by atoms with E-state index in [1.165, 1.54) is 7.11 Å². The SMILES string of the molecule is COCC(N)C(=O)NCCCCn1ccnc1. The highest BCUT2D eigenvalue weighted by Gasteiger charge is 2.11. The Labute approximate surface area is 101 Å². The van der Waals surface area contributed by atoms with Crippen LogP contribution in [0.4, 0.5) is 0 Å². The van der Waals surface area contributed by atoms with Crippen molar-refractivity contribution < 1.29 is 9.53 Å². The average Bonchev–Trinajstić information content (AvgIpc) is 2.81. The number of unbranched alkanes of at least 4 members (excludes halogenated alkanes) is 1. The molecule has 1 aromatic rings. The van der Waals surface area contributed by atoms with E-state index in [0.29, 0.717) is 6.54 Å². The monoisotopic (exact) mass is 240 g/mol. The Kier molecular flexibility index (Phi) is 6.27. The lowest BCUT2D eigenvalue weighted by Crippen LogP contribution is -2.43. The van der Waals surface area contributed by atoms with Crippen molar-refractivity contribution in [3.8, 4) is 0 Å². The fourth-order valence-corrected chi connectivity index (χ4v) is 1.44. The smallest absolute Gasteiger partial charge is 0.239 e. The number of amides is 1. The molecule has 6 nitrogen and oxygen atoms in total. The van der Waals surface area contributed by atoms with Crippen LogP contribution in [0, 0.1) is 0 Å². The Morgan fingerprint density at radius 2 is 2.41 bits per heavy atom. The lowest BCUT2D eigenvalue weighted by Gasteiger charge is -2.11. The quantitative estimate of drug-likeness (QED) is 0.614. The van der Waals surface area contributed by atoms with Crippen LogP contribution in [0.3, 0.4) is 0 Å².